The highest BCUT2D eigenvalue weighted by atomic mass is 14.9. The molecule has 1 aliphatic carbocycles. The van der Waals surface area contributed by atoms with Crippen molar-refractivity contribution in [3.8, 4) is 0 Å². The number of rotatable bonds is 1. The molecule has 2 aliphatic rings. The molecule has 0 aromatic rings. The zero-order valence-electron chi connectivity index (χ0n) is 9.34. The fourth-order valence-corrected chi connectivity index (χ4v) is 2.97. The van der Waals surface area contributed by atoms with Crippen molar-refractivity contribution in [2.24, 2.45) is 17.6 Å². The van der Waals surface area contributed by atoms with Crippen molar-refractivity contribution in [3.63, 3.8) is 0 Å². The molecule has 2 heteroatoms. The fourth-order valence-electron chi connectivity index (χ4n) is 2.97. The molecule has 1 saturated carbocycles. The first kappa shape index (κ1) is 10.4. The lowest BCUT2D eigenvalue weighted by Gasteiger charge is -2.37. The molecule has 2 rings (SSSR count). The van der Waals surface area contributed by atoms with E-state index in [4.69, 9.17) is 5.73 Å². The Kier molecular flexibility index (Phi) is 3.45. The fraction of sp³-hybridized carbons (Fsp3) is 1.00. The number of nitrogens with one attached hydrogen (secondary N) is 1. The van der Waals surface area contributed by atoms with Crippen LogP contribution in [0.1, 0.15) is 45.4 Å². The highest BCUT2D eigenvalue weighted by Gasteiger charge is 2.28. The van der Waals surface area contributed by atoms with Gasteiger partial charge < -0.3 is 11.1 Å². The van der Waals surface area contributed by atoms with Gasteiger partial charge in [-0.05, 0) is 56.9 Å². The van der Waals surface area contributed by atoms with Gasteiger partial charge in [0, 0.05) is 12.1 Å². The Morgan fingerprint density at radius 3 is 2.29 bits per heavy atom. The summed E-state index contributed by atoms with van der Waals surface area (Å²) in [5, 5.41) is 3.71. The standard InChI is InChI=1S/C12H24N2/c1-9-2-7-12(14-8-9)10-3-5-11(13)6-4-10/h9-12,14H,2-8,13H2,1H3. The molecular weight excluding hydrogens is 172 g/mol. The van der Waals surface area contributed by atoms with Crippen molar-refractivity contribution in [1.82, 2.24) is 5.32 Å². The van der Waals surface area contributed by atoms with E-state index in [1.165, 1.54) is 45.1 Å². The summed E-state index contributed by atoms with van der Waals surface area (Å²) in [5.41, 5.74) is 5.93. The minimum Gasteiger partial charge on any atom is -0.328 e. The Labute approximate surface area is 87.6 Å². The lowest BCUT2D eigenvalue weighted by molar-refractivity contribution is 0.202. The Morgan fingerprint density at radius 2 is 1.71 bits per heavy atom. The first-order chi connectivity index (χ1) is 6.75. The molecular formula is C12H24N2. The number of hydrogen-bond donors (Lipinski definition) is 2. The van der Waals surface area contributed by atoms with E-state index in [9.17, 15) is 0 Å². The maximum absolute atomic E-state index is 5.93. The average Bonchev–Trinajstić information content (AvgIpc) is 2.21. The zero-order chi connectivity index (χ0) is 9.97. The average molecular weight is 196 g/mol. The number of piperidine rings is 1. The summed E-state index contributed by atoms with van der Waals surface area (Å²) in [5.74, 6) is 1.80. The topological polar surface area (TPSA) is 38.0 Å². The molecule has 0 radical (unpaired) electrons. The van der Waals surface area contributed by atoms with Crippen LogP contribution in [-0.4, -0.2) is 18.6 Å². The first-order valence-corrected chi connectivity index (χ1v) is 6.24. The molecule has 3 N–H and O–H groups in total. The molecule has 82 valence electrons. The summed E-state index contributed by atoms with van der Waals surface area (Å²) >= 11 is 0. The van der Waals surface area contributed by atoms with Gasteiger partial charge in [0.25, 0.3) is 0 Å². The van der Waals surface area contributed by atoms with Crippen LogP contribution in [-0.2, 0) is 0 Å². The number of nitrogens with two attached hydrogens (primary N) is 1. The van der Waals surface area contributed by atoms with E-state index >= 15 is 0 Å². The van der Waals surface area contributed by atoms with Gasteiger partial charge in [-0.15, -0.1) is 0 Å². The van der Waals surface area contributed by atoms with Gasteiger partial charge in [0.1, 0.15) is 0 Å². The van der Waals surface area contributed by atoms with Crippen LogP contribution < -0.4 is 11.1 Å². The minimum absolute atomic E-state index is 0.494. The largest absolute Gasteiger partial charge is 0.328 e. The third-order valence-corrected chi connectivity index (χ3v) is 4.08. The van der Waals surface area contributed by atoms with Crippen LogP contribution in [0, 0.1) is 11.8 Å². The normalized spacial score (nSPS) is 45.0. The predicted octanol–water partition coefficient (Wildman–Crippen LogP) is 1.89. The van der Waals surface area contributed by atoms with Gasteiger partial charge in [0.2, 0.25) is 0 Å². The molecule has 1 saturated heterocycles. The van der Waals surface area contributed by atoms with Crippen LogP contribution in [0.25, 0.3) is 0 Å². The van der Waals surface area contributed by atoms with E-state index in [0.29, 0.717) is 6.04 Å². The molecule has 0 aromatic heterocycles. The lowest BCUT2D eigenvalue weighted by atomic mass is 9.78. The highest BCUT2D eigenvalue weighted by Crippen LogP contribution is 2.30. The Bertz CT molecular complexity index is 145. The van der Waals surface area contributed by atoms with Crippen molar-refractivity contribution < 1.29 is 0 Å². The Balaban J connectivity index is 1.78. The van der Waals surface area contributed by atoms with E-state index in [-0.39, 0.29) is 0 Å². The van der Waals surface area contributed by atoms with Crippen LogP contribution in [0.2, 0.25) is 0 Å². The molecule has 2 unspecified atom stereocenters. The predicted molar refractivity (Wildman–Crippen MR) is 60.1 cm³/mol. The van der Waals surface area contributed by atoms with Crippen LogP contribution in [0.5, 0.6) is 0 Å². The first-order valence-electron chi connectivity index (χ1n) is 6.24. The van der Waals surface area contributed by atoms with Crippen LogP contribution in [0.3, 0.4) is 0 Å². The van der Waals surface area contributed by atoms with Gasteiger partial charge in [-0.3, -0.25) is 0 Å². The molecule has 2 atom stereocenters. The highest BCUT2D eigenvalue weighted by molar-refractivity contribution is 4.86. The van der Waals surface area contributed by atoms with Crippen LogP contribution in [0.4, 0.5) is 0 Å². The second kappa shape index (κ2) is 4.63. The monoisotopic (exact) mass is 196 g/mol. The quantitative estimate of drug-likeness (QED) is 0.672. The lowest BCUT2D eigenvalue weighted by Crippen LogP contribution is -2.44. The molecule has 2 fully saturated rings. The third kappa shape index (κ3) is 2.48. The second-order valence-electron chi connectivity index (χ2n) is 5.37. The zero-order valence-corrected chi connectivity index (χ0v) is 9.34. The van der Waals surface area contributed by atoms with Gasteiger partial charge >= 0.3 is 0 Å². The summed E-state index contributed by atoms with van der Waals surface area (Å²) in [6, 6.07) is 1.30. The van der Waals surface area contributed by atoms with Gasteiger partial charge in [-0.2, -0.15) is 0 Å². The van der Waals surface area contributed by atoms with Gasteiger partial charge in [-0.25, -0.2) is 0 Å². The maximum Gasteiger partial charge on any atom is 0.00955 e. The van der Waals surface area contributed by atoms with Crippen molar-refractivity contribution in [2.75, 3.05) is 6.54 Å². The molecule has 0 spiro atoms. The van der Waals surface area contributed by atoms with Crippen LogP contribution >= 0.6 is 0 Å². The van der Waals surface area contributed by atoms with E-state index in [1.54, 1.807) is 0 Å². The van der Waals surface area contributed by atoms with Crippen molar-refractivity contribution in [3.05, 3.63) is 0 Å². The van der Waals surface area contributed by atoms with Gasteiger partial charge in [0.15, 0.2) is 0 Å². The molecule has 1 heterocycles. The molecule has 0 amide bonds. The van der Waals surface area contributed by atoms with Gasteiger partial charge in [0.05, 0.1) is 0 Å². The van der Waals surface area contributed by atoms with Crippen molar-refractivity contribution in [2.45, 2.75) is 57.5 Å². The summed E-state index contributed by atoms with van der Waals surface area (Å²) in [7, 11) is 0. The summed E-state index contributed by atoms with van der Waals surface area (Å²) in [6.45, 7) is 3.58. The number of hydrogen-bond acceptors (Lipinski definition) is 2. The SMILES string of the molecule is CC1CCC(C2CCC(N)CC2)NC1. The Morgan fingerprint density at radius 1 is 1.00 bits per heavy atom. The Hall–Kier alpha value is -0.0800. The molecule has 0 aromatic carbocycles. The van der Waals surface area contributed by atoms with E-state index in [2.05, 4.69) is 12.2 Å². The summed E-state index contributed by atoms with van der Waals surface area (Å²) in [6.07, 6.45) is 8.01. The van der Waals surface area contributed by atoms with Crippen molar-refractivity contribution in [1.29, 1.82) is 0 Å². The van der Waals surface area contributed by atoms with E-state index in [0.717, 1.165) is 17.9 Å². The van der Waals surface area contributed by atoms with Crippen LogP contribution in [0.15, 0.2) is 0 Å². The molecule has 14 heavy (non-hydrogen) atoms. The van der Waals surface area contributed by atoms with Crippen molar-refractivity contribution >= 4 is 0 Å². The maximum atomic E-state index is 5.93. The molecule has 2 nitrogen and oxygen atoms in total. The van der Waals surface area contributed by atoms with E-state index in [1.807, 2.05) is 0 Å². The van der Waals surface area contributed by atoms with Gasteiger partial charge in [-0.1, -0.05) is 6.92 Å². The second-order valence-corrected chi connectivity index (χ2v) is 5.37. The molecule has 0 bridgehead atoms. The van der Waals surface area contributed by atoms with E-state index < -0.39 is 0 Å². The smallest absolute Gasteiger partial charge is 0.00955 e. The molecule has 1 aliphatic heterocycles. The summed E-state index contributed by atoms with van der Waals surface area (Å²) < 4.78 is 0. The summed E-state index contributed by atoms with van der Waals surface area (Å²) in [4.78, 5) is 0. The third-order valence-electron chi connectivity index (χ3n) is 4.08. The minimum atomic E-state index is 0.494.